The van der Waals surface area contributed by atoms with Crippen LogP contribution < -0.4 is 0 Å². The lowest BCUT2D eigenvalue weighted by Crippen LogP contribution is -2.55. The van der Waals surface area contributed by atoms with E-state index in [2.05, 4.69) is 5.29 Å². The largest absolute Gasteiger partial charge is 0.480 e. The zero-order valence-corrected chi connectivity index (χ0v) is 16.9. The van der Waals surface area contributed by atoms with Crippen molar-refractivity contribution in [1.82, 2.24) is 9.91 Å². The van der Waals surface area contributed by atoms with Crippen LogP contribution in [0.2, 0.25) is 0 Å². The molecular weight excluding hydrogens is 366 g/mol. The SMILES string of the molecule is CCC[C@@H](C(=O)OCC)N(N=O)[C@@H](C)C(=O)N1[C@H](C(=O)O)C[C@H]2CCCC[C@@H]21. The predicted octanol–water partition coefficient (Wildman–Crippen LogP) is 2.33. The Morgan fingerprint density at radius 3 is 2.50 bits per heavy atom. The highest BCUT2D eigenvalue weighted by Gasteiger charge is 2.49. The van der Waals surface area contributed by atoms with Crippen molar-refractivity contribution in [2.45, 2.75) is 89.9 Å². The summed E-state index contributed by atoms with van der Waals surface area (Å²) in [6.45, 7) is 5.18. The minimum absolute atomic E-state index is 0.134. The molecule has 0 radical (unpaired) electrons. The molecule has 1 amide bonds. The first kappa shape index (κ1) is 22.1. The van der Waals surface area contributed by atoms with Crippen LogP contribution in [0.1, 0.15) is 65.7 Å². The Kier molecular flexibility index (Phi) is 7.77. The van der Waals surface area contributed by atoms with E-state index in [1.165, 1.54) is 11.8 Å². The molecule has 158 valence electrons. The molecule has 2 aliphatic rings. The van der Waals surface area contributed by atoms with Crippen molar-refractivity contribution < 1.29 is 24.2 Å². The van der Waals surface area contributed by atoms with E-state index in [1.807, 2.05) is 6.92 Å². The van der Waals surface area contributed by atoms with Crippen molar-refractivity contribution in [2.75, 3.05) is 6.61 Å². The van der Waals surface area contributed by atoms with Gasteiger partial charge >= 0.3 is 11.9 Å². The van der Waals surface area contributed by atoms with Gasteiger partial charge in [0.1, 0.15) is 18.1 Å². The number of likely N-dealkylation sites (tertiary alicyclic amines) is 1. The number of rotatable bonds is 9. The second kappa shape index (κ2) is 9.84. The Morgan fingerprint density at radius 2 is 1.93 bits per heavy atom. The molecule has 2 fully saturated rings. The van der Waals surface area contributed by atoms with Crippen molar-refractivity contribution in [3.63, 3.8) is 0 Å². The number of amides is 1. The summed E-state index contributed by atoms with van der Waals surface area (Å²) < 4.78 is 5.04. The maximum atomic E-state index is 13.3. The summed E-state index contributed by atoms with van der Waals surface area (Å²) in [5.41, 5.74) is 0. The average molecular weight is 397 g/mol. The fraction of sp³-hybridized carbons (Fsp3) is 0.842. The van der Waals surface area contributed by atoms with Crippen molar-refractivity contribution in [2.24, 2.45) is 11.2 Å². The third kappa shape index (κ3) is 4.44. The van der Waals surface area contributed by atoms with E-state index >= 15 is 0 Å². The molecule has 28 heavy (non-hydrogen) atoms. The maximum absolute atomic E-state index is 13.3. The van der Waals surface area contributed by atoms with Crippen LogP contribution in [-0.2, 0) is 19.1 Å². The second-order valence-electron chi connectivity index (χ2n) is 7.64. The van der Waals surface area contributed by atoms with Gasteiger partial charge in [0.05, 0.1) is 11.9 Å². The third-order valence-electron chi connectivity index (χ3n) is 5.92. The molecule has 0 aromatic carbocycles. The highest BCUT2D eigenvalue weighted by Crippen LogP contribution is 2.40. The van der Waals surface area contributed by atoms with E-state index in [9.17, 15) is 24.4 Å². The van der Waals surface area contributed by atoms with E-state index in [0.29, 0.717) is 19.3 Å². The summed E-state index contributed by atoms with van der Waals surface area (Å²) in [6, 6.07) is -3.04. The van der Waals surface area contributed by atoms with Gasteiger partial charge in [-0.05, 0) is 45.4 Å². The molecule has 2 rings (SSSR count). The lowest BCUT2D eigenvalue weighted by atomic mass is 9.84. The Hall–Kier alpha value is -2.19. The molecule has 9 nitrogen and oxygen atoms in total. The number of hydrogen-bond donors (Lipinski definition) is 1. The van der Waals surface area contributed by atoms with Gasteiger partial charge in [-0.15, -0.1) is 4.91 Å². The number of carbonyl (C=O) groups is 3. The Balaban J connectivity index is 2.26. The number of carboxylic acid groups (broad SMARTS) is 1. The molecule has 1 heterocycles. The van der Waals surface area contributed by atoms with E-state index < -0.39 is 36.0 Å². The number of nitroso groups, excluding NO2 is 1. The first-order chi connectivity index (χ1) is 13.4. The Bertz CT molecular complexity index is 598. The van der Waals surface area contributed by atoms with Gasteiger partial charge in [0.25, 0.3) is 0 Å². The van der Waals surface area contributed by atoms with Gasteiger partial charge in [0.15, 0.2) is 0 Å². The summed E-state index contributed by atoms with van der Waals surface area (Å²) in [5, 5.41) is 13.5. The number of aliphatic carboxylic acids is 1. The van der Waals surface area contributed by atoms with Crippen LogP contribution in [0, 0.1) is 10.8 Å². The quantitative estimate of drug-likeness (QED) is 0.360. The summed E-state index contributed by atoms with van der Waals surface area (Å²) in [7, 11) is 0. The first-order valence-electron chi connectivity index (χ1n) is 10.2. The predicted molar refractivity (Wildman–Crippen MR) is 101 cm³/mol. The maximum Gasteiger partial charge on any atom is 0.330 e. The monoisotopic (exact) mass is 397 g/mol. The van der Waals surface area contributed by atoms with Gasteiger partial charge in [-0.2, -0.15) is 0 Å². The van der Waals surface area contributed by atoms with Crippen molar-refractivity contribution in [3.05, 3.63) is 4.91 Å². The fourth-order valence-electron chi connectivity index (χ4n) is 4.59. The Morgan fingerprint density at radius 1 is 1.25 bits per heavy atom. The molecule has 1 aliphatic carbocycles. The number of nitrogens with zero attached hydrogens (tertiary/aromatic N) is 3. The lowest BCUT2D eigenvalue weighted by Gasteiger charge is -2.37. The molecule has 1 saturated heterocycles. The van der Waals surface area contributed by atoms with Gasteiger partial charge in [-0.3, -0.25) is 4.79 Å². The number of fused-ring (bicyclic) bond motifs is 1. The Labute approximate surface area is 165 Å². The molecule has 0 aromatic rings. The molecule has 1 saturated carbocycles. The molecule has 0 unspecified atom stereocenters. The number of ether oxygens (including phenoxy) is 1. The number of carboxylic acids is 1. The van der Waals surface area contributed by atoms with Gasteiger partial charge in [0.2, 0.25) is 5.91 Å². The van der Waals surface area contributed by atoms with Gasteiger partial charge < -0.3 is 14.7 Å². The minimum Gasteiger partial charge on any atom is -0.480 e. The van der Waals surface area contributed by atoms with E-state index in [-0.39, 0.29) is 18.6 Å². The summed E-state index contributed by atoms with van der Waals surface area (Å²) in [5.74, 6) is -1.93. The number of esters is 1. The first-order valence-corrected chi connectivity index (χ1v) is 10.2. The smallest absolute Gasteiger partial charge is 0.330 e. The summed E-state index contributed by atoms with van der Waals surface area (Å²) >= 11 is 0. The molecule has 5 atom stereocenters. The van der Waals surface area contributed by atoms with Crippen LogP contribution in [0.4, 0.5) is 0 Å². The molecule has 0 spiro atoms. The fourth-order valence-corrected chi connectivity index (χ4v) is 4.59. The van der Waals surface area contributed by atoms with Crippen LogP contribution in [0.3, 0.4) is 0 Å². The minimum atomic E-state index is -1.04. The lowest BCUT2D eigenvalue weighted by molar-refractivity contribution is -0.157. The molecule has 1 aliphatic heterocycles. The standard InChI is InChI=1S/C19H31N3O6/c1-4-8-15(19(26)28-5-2)22(20-27)12(3)17(23)21-14-10-7-6-9-13(14)11-16(21)18(24)25/h12-16H,4-11H2,1-3H3,(H,24,25)/t12-,13+,14-,15-,16-/m0/s1. The van der Waals surface area contributed by atoms with E-state index in [4.69, 9.17) is 4.74 Å². The van der Waals surface area contributed by atoms with E-state index in [1.54, 1.807) is 6.92 Å². The zero-order valence-electron chi connectivity index (χ0n) is 16.9. The van der Waals surface area contributed by atoms with Gasteiger partial charge in [-0.1, -0.05) is 26.2 Å². The summed E-state index contributed by atoms with van der Waals surface area (Å²) in [6.07, 6.45) is 5.00. The summed E-state index contributed by atoms with van der Waals surface area (Å²) in [4.78, 5) is 50.4. The molecule has 9 heteroatoms. The van der Waals surface area contributed by atoms with Crippen LogP contribution in [0.25, 0.3) is 0 Å². The third-order valence-corrected chi connectivity index (χ3v) is 5.92. The van der Waals surface area contributed by atoms with E-state index in [0.717, 1.165) is 30.7 Å². The zero-order chi connectivity index (χ0) is 20.8. The molecule has 0 aromatic heterocycles. The van der Waals surface area contributed by atoms with Crippen molar-refractivity contribution in [1.29, 1.82) is 0 Å². The van der Waals surface area contributed by atoms with Gasteiger partial charge in [-0.25, -0.2) is 14.6 Å². The number of hydrogen-bond acceptors (Lipinski definition) is 6. The highest BCUT2D eigenvalue weighted by molar-refractivity contribution is 5.88. The van der Waals surface area contributed by atoms with Crippen molar-refractivity contribution >= 4 is 17.8 Å². The van der Waals surface area contributed by atoms with Crippen LogP contribution in [0.15, 0.2) is 5.29 Å². The van der Waals surface area contributed by atoms with Crippen LogP contribution in [0.5, 0.6) is 0 Å². The highest BCUT2D eigenvalue weighted by atomic mass is 16.5. The number of carbonyl (C=O) groups excluding carboxylic acids is 2. The molecule has 0 bridgehead atoms. The van der Waals surface area contributed by atoms with Crippen LogP contribution >= 0.6 is 0 Å². The van der Waals surface area contributed by atoms with Crippen LogP contribution in [-0.4, -0.2) is 63.6 Å². The average Bonchev–Trinajstić information content (AvgIpc) is 3.07. The normalized spacial score (nSPS) is 26.1. The van der Waals surface area contributed by atoms with Crippen molar-refractivity contribution in [3.8, 4) is 0 Å². The second-order valence-corrected chi connectivity index (χ2v) is 7.64. The molecular formula is C19H31N3O6. The van der Waals surface area contributed by atoms with Gasteiger partial charge in [0, 0.05) is 6.04 Å². The molecule has 1 N–H and O–H groups in total. The topological polar surface area (TPSA) is 117 Å².